The number of anilines is 1. The number of carboxylic acid groups (broad SMARTS) is 1. The predicted octanol–water partition coefficient (Wildman–Crippen LogP) is 2.84. The van der Waals surface area contributed by atoms with Gasteiger partial charge in [0.1, 0.15) is 5.75 Å². The molecule has 1 aromatic rings. The minimum absolute atomic E-state index is 0.424. The fraction of sp³-hybridized carbons (Fsp3) is 0.357. The van der Waals surface area contributed by atoms with E-state index in [1.54, 1.807) is 13.2 Å². The van der Waals surface area contributed by atoms with Crippen molar-refractivity contribution in [2.75, 3.05) is 19.0 Å². The van der Waals surface area contributed by atoms with Crippen LogP contribution in [-0.2, 0) is 4.79 Å². The van der Waals surface area contributed by atoms with Crippen LogP contribution in [0.1, 0.15) is 18.9 Å². The van der Waals surface area contributed by atoms with Gasteiger partial charge in [-0.3, -0.25) is 0 Å². The van der Waals surface area contributed by atoms with Crippen LogP contribution in [-0.4, -0.2) is 24.7 Å². The van der Waals surface area contributed by atoms with Crippen molar-refractivity contribution >= 4 is 11.7 Å². The van der Waals surface area contributed by atoms with Gasteiger partial charge >= 0.3 is 5.97 Å². The maximum Gasteiger partial charge on any atom is 0.331 e. The molecule has 0 amide bonds. The summed E-state index contributed by atoms with van der Waals surface area (Å²) in [7, 11) is 1.64. The molecule has 4 heteroatoms. The summed E-state index contributed by atoms with van der Waals surface area (Å²) >= 11 is 0. The van der Waals surface area contributed by atoms with Gasteiger partial charge in [-0.15, -0.1) is 0 Å². The number of nitrogens with one attached hydrogen (secondary N) is 1. The zero-order valence-corrected chi connectivity index (χ0v) is 11.0. The molecule has 0 heterocycles. The molecular weight excluding hydrogens is 230 g/mol. The van der Waals surface area contributed by atoms with E-state index in [0.29, 0.717) is 18.5 Å². The number of rotatable bonds is 6. The number of hydrogen-bond acceptors (Lipinski definition) is 3. The topological polar surface area (TPSA) is 58.6 Å². The van der Waals surface area contributed by atoms with E-state index in [1.807, 2.05) is 32.0 Å². The van der Waals surface area contributed by atoms with Crippen LogP contribution in [0.3, 0.4) is 0 Å². The molecule has 1 rings (SSSR count). The van der Waals surface area contributed by atoms with Gasteiger partial charge in [-0.05, 0) is 37.1 Å². The second-order valence-corrected chi connectivity index (χ2v) is 3.95. The molecule has 98 valence electrons. The van der Waals surface area contributed by atoms with Crippen molar-refractivity contribution in [3.05, 3.63) is 35.4 Å². The number of methoxy groups -OCH3 is 1. The molecule has 0 aliphatic heterocycles. The third-order valence-electron chi connectivity index (χ3n) is 2.71. The molecule has 0 spiro atoms. The molecule has 2 N–H and O–H groups in total. The Balaban J connectivity index is 2.64. The predicted molar refractivity (Wildman–Crippen MR) is 72.2 cm³/mol. The average molecular weight is 249 g/mol. The van der Waals surface area contributed by atoms with Gasteiger partial charge in [-0.1, -0.05) is 13.0 Å². The molecular formula is C14H19NO3. The summed E-state index contributed by atoms with van der Waals surface area (Å²) in [4.78, 5) is 10.8. The van der Waals surface area contributed by atoms with E-state index in [4.69, 9.17) is 9.84 Å². The van der Waals surface area contributed by atoms with Crippen LogP contribution in [0.15, 0.2) is 29.8 Å². The second kappa shape index (κ2) is 6.69. The fourth-order valence-corrected chi connectivity index (χ4v) is 1.66. The zero-order chi connectivity index (χ0) is 13.5. The van der Waals surface area contributed by atoms with E-state index in [2.05, 4.69) is 5.32 Å². The van der Waals surface area contributed by atoms with Gasteiger partial charge in [0.05, 0.1) is 7.11 Å². The van der Waals surface area contributed by atoms with Crippen molar-refractivity contribution in [3.8, 4) is 5.75 Å². The highest BCUT2D eigenvalue weighted by Crippen LogP contribution is 2.21. The average Bonchev–Trinajstić information content (AvgIpc) is 2.34. The highest BCUT2D eigenvalue weighted by molar-refractivity contribution is 5.86. The summed E-state index contributed by atoms with van der Waals surface area (Å²) in [6.45, 7) is 4.30. The zero-order valence-electron chi connectivity index (χ0n) is 11.0. The van der Waals surface area contributed by atoms with Crippen LogP contribution in [0.25, 0.3) is 0 Å². The minimum Gasteiger partial charge on any atom is -0.496 e. The van der Waals surface area contributed by atoms with E-state index in [1.165, 1.54) is 0 Å². The van der Waals surface area contributed by atoms with E-state index in [0.717, 1.165) is 17.0 Å². The van der Waals surface area contributed by atoms with Gasteiger partial charge in [0.15, 0.2) is 0 Å². The number of ether oxygens (including phenoxy) is 1. The summed E-state index contributed by atoms with van der Waals surface area (Å²) in [5.74, 6) is -0.0129. The van der Waals surface area contributed by atoms with Crippen molar-refractivity contribution in [1.82, 2.24) is 0 Å². The van der Waals surface area contributed by atoms with Crippen molar-refractivity contribution in [1.29, 1.82) is 0 Å². The lowest BCUT2D eigenvalue weighted by Gasteiger charge is -2.08. The lowest BCUT2D eigenvalue weighted by molar-refractivity contribution is -0.132. The van der Waals surface area contributed by atoms with Gasteiger partial charge in [0.2, 0.25) is 0 Å². The van der Waals surface area contributed by atoms with Crippen LogP contribution >= 0.6 is 0 Å². The van der Waals surface area contributed by atoms with Crippen LogP contribution in [0.4, 0.5) is 5.69 Å². The minimum atomic E-state index is -0.856. The fourth-order valence-electron chi connectivity index (χ4n) is 1.66. The first-order valence-corrected chi connectivity index (χ1v) is 5.89. The maximum atomic E-state index is 10.8. The summed E-state index contributed by atoms with van der Waals surface area (Å²) < 4.78 is 5.17. The molecule has 0 fully saturated rings. The number of benzene rings is 1. The maximum absolute atomic E-state index is 10.8. The Hall–Kier alpha value is -1.97. The molecule has 0 aliphatic rings. The lowest BCUT2D eigenvalue weighted by atomic mass is 10.2. The lowest BCUT2D eigenvalue weighted by Crippen LogP contribution is -2.05. The molecule has 4 nitrogen and oxygen atoms in total. The van der Waals surface area contributed by atoms with E-state index in [-0.39, 0.29) is 0 Å². The molecule has 0 saturated heterocycles. The Morgan fingerprint density at radius 3 is 2.72 bits per heavy atom. The van der Waals surface area contributed by atoms with E-state index >= 15 is 0 Å². The smallest absolute Gasteiger partial charge is 0.331 e. The first kappa shape index (κ1) is 14.1. The van der Waals surface area contributed by atoms with Gasteiger partial charge < -0.3 is 15.2 Å². The van der Waals surface area contributed by atoms with Gasteiger partial charge in [0, 0.05) is 17.8 Å². The quantitative estimate of drug-likeness (QED) is 0.761. The molecule has 18 heavy (non-hydrogen) atoms. The van der Waals surface area contributed by atoms with Crippen LogP contribution in [0.2, 0.25) is 0 Å². The Bertz CT molecular complexity index is 452. The SMILES string of the molecule is CC/C(=C/CNc1ccc(OC)c(C)c1)C(=O)O. The molecule has 0 saturated carbocycles. The molecule has 0 atom stereocenters. The molecule has 0 aromatic heterocycles. The Kier molecular flexibility index (Phi) is 5.24. The molecule has 0 bridgehead atoms. The molecule has 1 aromatic carbocycles. The van der Waals surface area contributed by atoms with Crippen molar-refractivity contribution in [2.24, 2.45) is 0 Å². The number of aliphatic carboxylic acids is 1. The van der Waals surface area contributed by atoms with Crippen molar-refractivity contribution < 1.29 is 14.6 Å². The van der Waals surface area contributed by atoms with Crippen LogP contribution < -0.4 is 10.1 Å². The second-order valence-electron chi connectivity index (χ2n) is 3.95. The van der Waals surface area contributed by atoms with E-state index in [9.17, 15) is 4.79 Å². The van der Waals surface area contributed by atoms with Gasteiger partial charge in [-0.2, -0.15) is 0 Å². The number of carboxylic acids is 1. The van der Waals surface area contributed by atoms with Gasteiger partial charge in [0.25, 0.3) is 0 Å². The molecule has 0 aliphatic carbocycles. The summed E-state index contributed by atoms with van der Waals surface area (Å²) in [5.41, 5.74) is 2.42. The highest BCUT2D eigenvalue weighted by atomic mass is 16.5. The first-order valence-electron chi connectivity index (χ1n) is 5.89. The van der Waals surface area contributed by atoms with Gasteiger partial charge in [-0.25, -0.2) is 4.79 Å². The first-order chi connectivity index (χ1) is 8.58. The molecule has 0 unspecified atom stereocenters. The third-order valence-corrected chi connectivity index (χ3v) is 2.71. The summed E-state index contributed by atoms with van der Waals surface area (Å²) in [5, 5.41) is 12.0. The largest absolute Gasteiger partial charge is 0.496 e. The summed E-state index contributed by atoms with van der Waals surface area (Å²) in [6.07, 6.45) is 2.22. The highest BCUT2D eigenvalue weighted by Gasteiger charge is 2.03. The van der Waals surface area contributed by atoms with Crippen LogP contribution in [0.5, 0.6) is 5.75 Å². The van der Waals surface area contributed by atoms with E-state index < -0.39 is 5.97 Å². The van der Waals surface area contributed by atoms with Crippen LogP contribution in [0, 0.1) is 6.92 Å². The van der Waals surface area contributed by atoms with Crippen molar-refractivity contribution in [3.63, 3.8) is 0 Å². The Morgan fingerprint density at radius 2 is 2.22 bits per heavy atom. The number of carbonyl (C=O) groups is 1. The summed E-state index contributed by atoms with van der Waals surface area (Å²) in [6, 6.07) is 5.77. The van der Waals surface area contributed by atoms with Crippen molar-refractivity contribution in [2.45, 2.75) is 20.3 Å². The Morgan fingerprint density at radius 1 is 1.50 bits per heavy atom. The monoisotopic (exact) mass is 249 g/mol. The standard InChI is InChI=1S/C14H19NO3/c1-4-11(14(16)17)7-8-15-12-5-6-13(18-3)10(2)9-12/h5-7,9,15H,4,8H2,1-3H3,(H,16,17)/b11-7-. The molecule has 0 radical (unpaired) electrons. The Labute approximate surface area is 107 Å². The number of aryl methyl sites for hydroxylation is 1. The number of hydrogen-bond donors (Lipinski definition) is 2. The third kappa shape index (κ3) is 3.80. The normalized spacial score (nSPS) is 11.2.